The van der Waals surface area contributed by atoms with E-state index >= 15 is 0 Å². The van der Waals surface area contributed by atoms with Crippen LogP contribution in [0.1, 0.15) is 6.42 Å². The van der Waals surface area contributed by atoms with Crippen LogP contribution in [0.4, 0.5) is 5.82 Å². The summed E-state index contributed by atoms with van der Waals surface area (Å²) in [6.07, 6.45) is 2.27. The second kappa shape index (κ2) is 5.04. The Morgan fingerprint density at radius 2 is 2.30 bits per heavy atom. The zero-order valence-electron chi connectivity index (χ0n) is 10.2. The fraction of sp³-hybridized carbons (Fsp3) is 0.214. The van der Waals surface area contributed by atoms with Crippen molar-refractivity contribution in [1.82, 2.24) is 4.98 Å². The molecule has 1 N–H and O–H groups in total. The molecule has 1 amide bonds. The molecule has 0 saturated heterocycles. The standard InChI is InChI=1S/C14H9BrClN3O/c15-9-1-7-3-13(18-6-11(7)12(16)4-9)19-14(20)10-2-8(10)5-17/h1,3-4,6,8,10H,2H2,(H,18,19,20)/t8?,10-/m0/s1. The molecule has 6 heteroatoms. The third-order valence-electron chi connectivity index (χ3n) is 3.30. The molecule has 3 rings (SSSR count). The van der Waals surface area contributed by atoms with Crippen LogP contribution in [0.3, 0.4) is 0 Å². The molecule has 0 aliphatic heterocycles. The zero-order chi connectivity index (χ0) is 14.3. The van der Waals surface area contributed by atoms with Gasteiger partial charge >= 0.3 is 0 Å². The van der Waals surface area contributed by atoms with Gasteiger partial charge in [0.05, 0.1) is 22.9 Å². The Morgan fingerprint density at radius 1 is 1.50 bits per heavy atom. The molecular formula is C14H9BrClN3O. The zero-order valence-corrected chi connectivity index (χ0v) is 12.6. The van der Waals surface area contributed by atoms with E-state index in [1.165, 1.54) is 0 Å². The number of nitrogens with zero attached hydrogens (tertiary/aromatic N) is 2. The van der Waals surface area contributed by atoms with E-state index in [9.17, 15) is 4.79 Å². The van der Waals surface area contributed by atoms with E-state index < -0.39 is 0 Å². The summed E-state index contributed by atoms with van der Waals surface area (Å²) in [5, 5.41) is 13.8. The van der Waals surface area contributed by atoms with Crippen molar-refractivity contribution in [2.24, 2.45) is 11.8 Å². The Morgan fingerprint density at radius 3 is 3.00 bits per heavy atom. The third-order valence-corrected chi connectivity index (χ3v) is 4.07. The molecule has 1 fully saturated rings. The molecule has 4 nitrogen and oxygen atoms in total. The molecule has 1 saturated carbocycles. The topological polar surface area (TPSA) is 65.8 Å². The number of aromatic nitrogens is 1. The SMILES string of the molecule is N#CC1C[C@@H]1C(=O)Nc1cc2cc(Br)cc(Cl)c2cn1. The number of nitriles is 1. The molecule has 1 aliphatic rings. The maximum absolute atomic E-state index is 11.9. The average Bonchev–Trinajstić information content (AvgIpc) is 3.17. The first-order chi connectivity index (χ1) is 9.58. The predicted molar refractivity (Wildman–Crippen MR) is 80.3 cm³/mol. The number of hydrogen-bond donors (Lipinski definition) is 1. The number of benzene rings is 1. The number of halogens is 2. The van der Waals surface area contributed by atoms with Crippen LogP contribution in [-0.4, -0.2) is 10.9 Å². The molecule has 1 aliphatic carbocycles. The van der Waals surface area contributed by atoms with Gasteiger partial charge in [0, 0.05) is 16.1 Å². The van der Waals surface area contributed by atoms with Crippen molar-refractivity contribution in [1.29, 1.82) is 5.26 Å². The van der Waals surface area contributed by atoms with E-state index in [0.29, 0.717) is 17.3 Å². The molecule has 20 heavy (non-hydrogen) atoms. The van der Waals surface area contributed by atoms with Crippen molar-refractivity contribution in [3.05, 3.63) is 33.9 Å². The van der Waals surface area contributed by atoms with E-state index in [4.69, 9.17) is 16.9 Å². The van der Waals surface area contributed by atoms with Gasteiger partial charge in [-0.3, -0.25) is 4.79 Å². The van der Waals surface area contributed by atoms with Crippen molar-refractivity contribution >= 4 is 50.0 Å². The van der Waals surface area contributed by atoms with Gasteiger partial charge in [-0.15, -0.1) is 0 Å². The minimum Gasteiger partial charge on any atom is -0.310 e. The molecular weight excluding hydrogens is 342 g/mol. The van der Waals surface area contributed by atoms with Gasteiger partial charge in [0.25, 0.3) is 0 Å². The van der Waals surface area contributed by atoms with Crippen molar-refractivity contribution in [2.75, 3.05) is 5.32 Å². The number of amides is 1. The fourth-order valence-corrected chi connectivity index (χ4v) is 2.98. The van der Waals surface area contributed by atoms with Gasteiger partial charge in [-0.2, -0.15) is 5.26 Å². The van der Waals surface area contributed by atoms with Crippen molar-refractivity contribution in [3.8, 4) is 6.07 Å². The molecule has 1 unspecified atom stereocenters. The summed E-state index contributed by atoms with van der Waals surface area (Å²) in [4.78, 5) is 16.1. The first-order valence-electron chi connectivity index (χ1n) is 6.04. The Kier molecular flexibility index (Phi) is 3.36. The number of hydrogen-bond acceptors (Lipinski definition) is 3. The predicted octanol–water partition coefficient (Wildman–Crippen LogP) is 3.75. The van der Waals surface area contributed by atoms with Gasteiger partial charge < -0.3 is 5.32 Å². The van der Waals surface area contributed by atoms with Crippen LogP contribution < -0.4 is 5.32 Å². The lowest BCUT2D eigenvalue weighted by Gasteiger charge is -2.06. The number of anilines is 1. The maximum atomic E-state index is 11.9. The highest BCUT2D eigenvalue weighted by atomic mass is 79.9. The molecule has 0 radical (unpaired) electrons. The second-order valence-electron chi connectivity index (χ2n) is 4.75. The fourth-order valence-electron chi connectivity index (χ4n) is 2.09. The quantitative estimate of drug-likeness (QED) is 0.897. The van der Waals surface area contributed by atoms with Crippen LogP contribution in [0.2, 0.25) is 5.02 Å². The van der Waals surface area contributed by atoms with Crippen LogP contribution in [0, 0.1) is 23.2 Å². The highest BCUT2D eigenvalue weighted by Crippen LogP contribution is 2.38. The lowest BCUT2D eigenvalue weighted by Crippen LogP contribution is -2.15. The maximum Gasteiger partial charge on any atom is 0.230 e. The Balaban J connectivity index is 1.86. The Hall–Kier alpha value is -1.64. The Bertz CT molecular complexity index is 756. The summed E-state index contributed by atoms with van der Waals surface area (Å²) in [6, 6.07) is 7.57. The number of pyridine rings is 1. The van der Waals surface area contributed by atoms with Crippen molar-refractivity contribution in [2.45, 2.75) is 6.42 Å². The first kappa shape index (κ1) is 13.3. The average molecular weight is 351 g/mol. The summed E-state index contributed by atoms with van der Waals surface area (Å²) in [5.41, 5.74) is 0. The molecule has 1 heterocycles. The molecule has 2 atom stereocenters. The van der Waals surface area contributed by atoms with Crippen LogP contribution in [0.5, 0.6) is 0 Å². The molecule has 0 bridgehead atoms. The minimum absolute atomic E-state index is 0.149. The lowest BCUT2D eigenvalue weighted by molar-refractivity contribution is -0.117. The molecule has 0 spiro atoms. The van der Waals surface area contributed by atoms with Gasteiger partial charge in [-0.1, -0.05) is 27.5 Å². The van der Waals surface area contributed by atoms with Gasteiger partial charge in [-0.05, 0) is 30.0 Å². The molecule has 1 aromatic carbocycles. The Labute approximate surface area is 128 Å². The van der Waals surface area contributed by atoms with E-state index in [1.54, 1.807) is 18.3 Å². The monoisotopic (exact) mass is 349 g/mol. The third kappa shape index (κ3) is 2.49. The molecule has 2 aromatic rings. The number of carbonyl (C=O) groups excluding carboxylic acids is 1. The largest absolute Gasteiger partial charge is 0.310 e. The van der Waals surface area contributed by atoms with Gasteiger partial charge in [0.1, 0.15) is 5.82 Å². The van der Waals surface area contributed by atoms with E-state index in [1.807, 2.05) is 6.07 Å². The summed E-state index contributed by atoms with van der Waals surface area (Å²) >= 11 is 9.51. The second-order valence-corrected chi connectivity index (χ2v) is 6.07. The molecule has 1 aromatic heterocycles. The van der Waals surface area contributed by atoms with E-state index in [2.05, 4.69) is 32.3 Å². The van der Waals surface area contributed by atoms with E-state index in [-0.39, 0.29) is 17.7 Å². The first-order valence-corrected chi connectivity index (χ1v) is 7.21. The van der Waals surface area contributed by atoms with Crippen LogP contribution in [0.25, 0.3) is 10.8 Å². The minimum atomic E-state index is -0.205. The van der Waals surface area contributed by atoms with Gasteiger partial charge in [0.15, 0.2) is 0 Å². The summed E-state index contributed by atoms with van der Waals surface area (Å²) in [7, 11) is 0. The van der Waals surface area contributed by atoms with Crippen LogP contribution in [0.15, 0.2) is 28.9 Å². The van der Waals surface area contributed by atoms with E-state index in [0.717, 1.165) is 15.2 Å². The lowest BCUT2D eigenvalue weighted by atomic mass is 10.2. The van der Waals surface area contributed by atoms with Crippen molar-refractivity contribution in [3.63, 3.8) is 0 Å². The van der Waals surface area contributed by atoms with Crippen molar-refractivity contribution < 1.29 is 4.79 Å². The van der Waals surface area contributed by atoms with Crippen LogP contribution in [-0.2, 0) is 4.79 Å². The summed E-state index contributed by atoms with van der Waals surface area (Å²) in [5.74, 6) is -0.0348. The van der Waals surface area contributed by atoms with Crippen LogP contribution >= 0.6 is 27.5 Å². The molecule has 100 valence electrons. The van der Waals surface area contributed by atoms with Gasteiger partial charge in [-0.25, -0.2) is 4.98 Å². The highest BCUT2D eigenvalue weighted by Gasteiger charge is 2.43. The highest BCUT2D eigenvalue weighted by molar-refractivity contribution is 9.10. The smallest absolute Gasteiger partial charge is 0.230 e. The summed E-state index contributed by atoms with van der Waals surface area (Å²) < 4.78 is 0.866. The normalized spacial score (nSPS) is 20.4. The summed E-state index contributed by atoms with van der Waals surface area (Å²) in [6.45, 7) is 0. The number of rotatable bonds is 2. The number of fused-ring (bicyclic) bond motifs is 1. The number of nitrogens with one attached hydrogen (secondary N) is 1. The number of carbonyl (C=O) groups is 1. The van der Waals surface area contributed by atoms with Gasteiger partial charge in [0.2, 0.25) is 5.91 Å².